The summed E-state index contributed by atoms with van der Waals surface area (Å²) in [7, 11) is 0. The van der Waals surface area contributed by atoms with Crippen LogP contribution in [0.5, 0.6) is 0 Å². The van der Waals surface area contributed by atoms with Gasteiger partial charge in [0.05, 0.1) is 0 Å². The Balaban J connectivity index is 2.00. The van der Waals surface area contributed by atoms with Gasteiger partial charge in [0.1, 0.15) is 5.54 Å². The standard InChI is InChI=1S/C11H19NO2S/c13-10(14)11(6-3-7-15-8-11)12-9-4-1-2-5-9/h9,12H,1-8H2,(H,13,14). The van der Waals surface area contributed by atoms with Crippen LogP contribution in [0, 0.1) is 0 Å². The summed E-state index contributed by atoms with van der Waals surface area (Å²) in [5.41, 5.74) is -0.627. The fourth-order valence-electron chi connectivity index (χ4n) is 2.60. The van der Waals surface area contributed by atoms with Crippen molar-refractivity contribution >= 4 is 17.7 Å². The molecule has 1 saturated carbocycles. The number of carboxylic acids is 1. The molecule has 0 amide bonds. The highest BCUT2D eigenvalue weighted by Gasteiger charge is 2.41. The van der Waals surface area contributed by atoms with Crippen molar-refractivity contribution in [3.63, 3.8) is 0 Å². The number of carboxylic acid groups (broad SMARTS) is 1. The largest absolute Gasteiger partial charge is 0.480 e. The maximum absolute atomic E-state index is 11.4. The molecule has 0 aromatic heterocycles. The molecule has 2 aliphatic rings. The summed E-state index contributed by atoms with van der Waals surface area (Å²) in [6.45, 7) is 0. The van der Waals surface area contributed by atoms with E-state index in [0.717, 1.165) is 37.2 Å². The molecule has 1 aliphatic carbocycles. The third-order valence-corrected chi connectivity index (χ3v) is 4.76. The van der Waals surface area contributed by atoms with Crippen molar-refractivity contribution in [2.24, 2.45) is 0 Å². The van der Waals surface area contributed by atoms with Crippen molar-refractivity contribution in [2.75, 3.05) is 11.5 Å². The molecule has 0 aromatic rings. The number of thioether (sulfide) groups is 1. The molecule has 0 aromatic carbocycles. The molecule has 2 N–H and O–H groups in total. The van der Waals surface area contributed by atoms with Crippen molar-refractivity contribution in [3.05, 3.63) is 0 Å². The first-order valence-corrected chi connectivity index (χ1v) is 6.97. The predicted molar refractivity (Wildman–Crippen MR) is 62.3 cm³/mol. The third-order valence-electron chi connectivity index (χ3n) is 3.49. The molecule has 0 radical (unpaired) electrons. The Morgan fingerprint density at radius 2 is 2.07 bits per heavy atom. The van der Waals surface area contributed by atoms with E-state index < -0.39 is 11.5 Å². The maximum Gasteiger partial charge on any atom is 0.324 e. The third kappa shape index (κ3) is 2.48. The number of carbonyl (C=O) groups is 1. The second-order valence-electron chi connectivity index (χ2n) is 4.67. The van der Waals surface area contributed by atoms with E-state index in [1.807, 2.05) is 0 Å². The van der Waals surface area contributed by atoms with Gasteiger partial charge in [0, 0.05) is 11.8 Å². The first kappa shape index (κ1) is 11.3. The molecule has 1 atom stereocenters. The Hall–Kier alpha value is -0.220. The molecule has 1 heterocycles. The van der Waals surface area contributed by atoms with E-state index in [-0.39, 0.29) is 0 Å². The van der Waals surface area contributed by atoms with Crippen LogP contribution in [-0.4, -0.2) is 34.2 Å². The van der Waals surface area contributed by atoms with Gasteiger partial charge in [-0.3, -0.25) is 10.1 Å². The van der Waals surface area contributed by atoms with E-state index in [9.17, 15) is 9.90 Å². The smallest absolute Gasteiger partial charge is 0.324 e. The average Bonchev–Trinajstić information content (AvgIpc) is 2.71. The Bertz CT molecular complexity index is 233. The minimum atomic E-state index is -0.651. The number of nitrogens with one attached hydrogen (secondary N) is 1. The molecular weight excluding hydrogens is 210 g/mol. The van der Waals surface area contributed by atoms with Crippen molar-refractivity contribution in [1.29, 1.82) is 0 Å². The van der Waals surface area contributed by atoms with Gasteiger partial charge in [-0.1, -0.05) is 12.8 Å². The van der Waals surface area contributed by atoms with Gasteiger partial charge >= 0.3 is 5.97 Å². The second-order valence-corrected chi connectivity index (χ2v) is 5.77. The second kappa shape index (κ2) is 4.74. The number of aliphatic carboxylic acids is 1. The first-order valence-electron chi connectivity index (χ1n) is 5.82. The lowest BCUT2D eigenvalue weighted by Crippen LogP contribution is -2.58. The Morgan fingerprint density at radius 1 is 1.33 bits per heavy atom. The number of hydrogen-bond donors (Lipinski definition) is 2. The molecular formula is C11H19NO2S. The van der Waals surface area contributed by atoms with E-state index >= 15 is 0 Å². The molecule has 4 heteroatoms. The van der Waals surface area contributed by atoms with E-state index in [0.29, 0.717) is 6.04 Å². The Kier molecular flexibility index (Phi) is 3.57. The quantitative estimate of drug-likeness (QED) is 0.775. The molecule has 1 saturated heterocycles. The van der Waals surface area contributed by atoms with Gasteiger partial charge < -0.3 is 5.11 Å². The number of hydrogen-bond acceptors (Lipinski definition) is 3. The van der Waals surface area contributed by atoms with Crippen LogP contribution in [0.3, 0.4) is 0 Å². The molecule has 0 bridgehead atoms. The minimum absolute atomic E-state index is 0.444. The van der Waals surface area contributed by atoms with Gasteiger partial charge in [0.25, 0.3) is 0 Å². The molecule has 3 nitrogen and oxygen atoms in total. The molecule has 2 fully saturated rings. The molecule has 2 rings (SSSR count). The van der Waals surface area contributed by atoms with E-state index in [1.165, 1.54) is 12.8 Å². The van der Waals surface area contributed by atoms with Gasteiger partial charge in [0.15, 0.2) is 0 Å². The summed E-state index contributed by atoms with van der Waals surface area (Å²) >= 11 is 1.77. The SMILES string of the molecule is O=C(O)C1(NC2CCCC2)CCCSC1. The van der Waals surface area contributed by atoms with Gasteiger partial charge in [-0.25, -0.2) is 0 Å². The molecule has 86 valence electrons. The summed E-state index contributed by atoms with van der Waals surface area (Å²) in [6, 6.07) is 0.444. The maximum atomic E-state index is 11.4. The lowest BCUT2D eigenvalue weighted by Gasteiger charge is -2.36. The highest BCUT2D eigenvalue weighted by Crippen LogP contribution is 2.30. The monoisotopic (exact) mass is 229 g/mol. The van der Waals surface area contributed by atoms with Gasteiger partial charge in [-0.15, -0.1) is 0 Å². The number of rotatable bonds is 3. The summed E-state index contributed by atoms with van der Waals surface area (Å²) in [4.78, 5) is 11.4. The Morgan fingerprint density at radius 3 is 2.60 bits per heavy atom. The van der Waals surface area contributed by atoms with Crippen LogP contribution in [0.1, 0.15) is 38.5 Å². The van der Waals surface area contributed by atoms with Crippen LogP contribution in [0.15, 0.2) is 0 Å². The normalized spacial score (nSPS) is 33.1. The predicted octanol–water partition coefficient (Wildman–Crippen LogP) is 1.87. The van der Waals surface area contributed by atoms with Crippen LogP contribution >= 0.6 is 11.8 Å². The lowest BCUT2D eigenvalue weighted by atomic mass is 9.94. The zero-order valence-corrected chi connectivity index (χ0v) is 9.81. The van der Waals surface area contributed by atoms with Gasteiger partial charge in [-0.2, -0.15) is 11.8 Å². The van der Waals surface area contributed by atoms with Crippen LogP contribution in [0.25, 0.3) is 0 Å². The summed E-state index contributed by atoms with van der Waals surface area (Å²) in [5, 5.41) is 12.8. The summed E-state index contributed by atoms with van der Waals surface area (Å²) < 4.78 is 0. The fraction of sp³-hybridized carbons (Fsp3) is 0.909. The van der Waals surface area contributed by atoms with Crippen molar-refractivity contribution in [3.8, 4) is 0 Å². The minimum Gasteiger partial charge on any atom is -0.480 e. The summed E-state index contributed by atoms with van der Waals surface area (Å²) in [5.74, 6) is 1.20. The van der Waals surface area contributed by atoms with Crippen LogP contribution in [0.4, 0.5) is 0 Å². The zero-order chi connectivity index (χ0) is 10.7. The molecule has 15 heavy (non-hydrogen) atoms. The highest BCUT2D eigenvalue weighted by atomic mass is 32.2. The van der Waals surface area contributed by atoms with Crippen LogP contribution < -0.4 is 5.32 Å². The van der Waals surface area contributed by atoms with Crippen molar-refractivity contribution in [1.82, 2.24) is 5.32 Å². The molecule has 0 spiro atoms. The topological polar surface area (TPSA) is 49.3 Å². The first-order chi connectivity index (χ1) is 7.23. The molecule has 1 unspecified atom stereocenters. The molecule has 1 aliphatic heterocycles. The van der Waals surface area contributed by atoms with Gasteiger partial charge in [-0.05, 0) is 31.4 Å². The van der Waals surface area contributed by atoms with Crippen LogP contribution in [0.2, 0.25) is 0 Å². The average molecular weight is 229 g/mol. The zero-order valence-electron chi connectivity index (χ0n) is 9.00. The van der Waals surface area contributed by atoms with Gasteiger partial charge in [0.2, 0.25) is 0 Å². The fourth-order valence-corrected chi connectivity index (χ4v) is 3.79. The van der Waals surface area contributed by atoms with E-state index in [2.05, 4.69) is 5.32 Å². The van der Waals surface area contributed by atoms with Crippen molar-refractivity contribution < 1.29 is 9.90 Å². The Labute approximate surface area is 95.0 Å². The van der Waals surface area contributed by atoms with Crippen molar-refractivity contribution in [2.45, 2.75) is 50.1 Å². The summed E-state index contributed by atoms with van der Waals surface area (Å²) in [6.07, 6.45) is 6.63. The highest BCUT2D eigenvalue weighted by molar-refractivity contribution is 7.99. The van der Waals surface area contributed by atoms with Crippen LogP contribution in [-0.2, 0) is 4.79 Å². The van der Waals surface area contributed by atoms with E-state index in [1.54, 1.807) is 11.8 Å². The lowest BCUT2D eigenvalue weighted by molar-refractivity contribution is -0.144. The van der Waals surface area contributed by atoms with E-state index in [4.69, 9.17) is 0 Å².